The van der Waals surface area contributed by atoms with Gasteiger partial charge in [0.05, 0.1) is 0 Å². The van der Waals surface area contributed by atoms with Gasteiger partial charge in [-0.15, -0.1) is 0 Å². The number of nitrogens with zero attached hydrogens (tertiary/aromatic N) is 6. The van der Waals surface area contributed by atoms with Crippen LogP contribution in [0.1, 0.15) is 28.9 Å². The molecule has 0 unspecified atom stereocenters. The highest BCUT2D eigenvalue weighted by atomic mass is 16.2. The second-order valence-corrected chi connectivity index (χ2v) is 7.43. The number of hydrogen-bond acceptors (Lipinski definition) is 5. The Morgan fingerprint density at radius 1 is 1.14 bits per heavy atom. The summed E-state index contributed by atoms with van der Waals surface area (Å²) < 4.78 is 1.80. The lowest BCUT2D eigenvalue weighted by Gasteiger charge is -2.36. The third kappa shape index (κ3) is 4.68. The molecule has 0 aliphatic carbocycles. The first-order valence-corrected chi connectivity index (χ1v) is 10.0. The summed E-state index contributed by atoms with van der Waals surface area (Å²) in [4.78, 5) is 30.1. The topological polar surface area (TPSA) is 67.2 Å². The molecule has 0 N–H and O–H groups in total. The van der Waals surface area contributed by atoms with E-state index >= 15 is 0 Å². The first-order valence-electron chi connectivity index (χ1n) is 10.0. The van der Waals surface area contributed by atoms with Gasteiger partial charge in [-0.2, -0.15) is 0 Å². The van der Waals surface area contributed by atoms with Crippen LogP contribution in [0.3, 0.4) is 0 Å². The molecule has 0 spiro atoms. The van der Waals surface area contributed by atoms with Gasteiger partial charge >= 0.3 is 0 Å². The average Bonchev–Trinajstić information content (AvgIpc) is 3.33. The first-order chi connectivity index (χ1) is 14.2. The molecule has 1 saturated heterocycles. The molecule has 150 valence electrons. The third-order valence-electron chi connectivity index (χ3n) is 5.60. The zero-order valence-corrected chi connectivity index (χ0v) is 16.7. The van der Waals surface area contributed by atoms with Gasteiger partial charge in [0.1, 0.15) is 12.1 Å². The Hall–Kier alpha value is -3.06. The second kappa shape index (κ2) is 8.96. The Morgan fingerprint density at radius 2 is 2.00 bits per heavy atom. The Balaban J connectivity index is 1.32. The lowest BCUT2D eigenvalue weighted by molar-refractivity contribution is 0.0643. The fourth-order valence-electron chi connectivity index (χ4n) is 3.81. The van der Waals surface area contributed by atoms with Crippen molar-refractivity contribution in [2.24, 2.45) is 0 Å². The SMILES string of the molecule is CN(C(=O)c1ccnc(-n2ccnc2)c1)C1CCN(CCc2ccccn2)CC1. The molecule has 29 heavy (non-hydrogen) atoms. The fourth-order valence-corrected chi connectivity index (χ4v) is 3.81. The molecule has 4 heterocycles. The smallest absolute Gasteiger partial charge is 0.254 e. The second-order valence-electron chi connectivity index (χ2n) is 7.43. The summed E-state index contributed by atoms with van der Waals surface area (Å²) in [7, 11) is 1.91. The van der Waals surface area contributed by atoms with Gasteiger partial charge in [0.2, 0.25) is 0 Å². The zero-order chi connectivity index (χ0) is 20.1. The van der Waals surface area contributed by atoms with Crippen LogP contribution in [0.5, 0.6) is 0 Å². The van der Waals surface area contributed by atoms with Crippen LogP contribution >= 0.6 is 0 Å². The van der Waals surface area contributed by atoms with Crippen molar-refractivity contribution >= 4 is 5.91 Å². The summed E-state index contributed by atoms with van der Waals surface area (Å²) in [5.74, 6) is 0.742. The van der Waals surface area contributed by atoms with E-state index in [1.165, 1.54) is 0 Å². The van der Waals surface area contributed by atoms with E-state index in [0.29, 0.717) is 11.4 Å². The van der Waals surface area contributed by atoms with Gasteiger partial charge in [0.15, 0.2) is 0 Å². The van der Waals surface area contributed by atoms with Crippen molar-refractivity contribution in [2.75, 3.05) is 26.7 Å². The van der Waals surface area contributed by atoms with Crippen LogP contribution in [-0.4, -0.2) is 67.9 Å². The molecule has 3 aromatic rings. The number of rotatable bonds is 6. The van der Waals surface area contributed by atoms with Crippen LogP contribution in [0, 0.1) is 0 Å². The molecule has 1 fully saturated rings. The van der Waals surface area contributed by atoms with Crippen LogP contribution in [0.25, 0.3) is 5.82 Å². The Kier molecular flexibility index (Phi) is 5.95. The highest BCUT2D eigenvalue weighted by Crippen LogP contribution is 2.18. The molecule has 7 heteroatoms. The van der Waals surface area contributed by atoms with E-state index in [9.17, 15) is 4.79 Å². The summed E-state index contributed by atoms with van der Waals surface area (Å²) in [5.41, 5.74) is 1.79. The normalized spacial score (nSPS) is 15.3. The standard InChI is InChI=1S/C22H26N6O/c1-26(22(29)18-5-10-25-21(16-18)28-15-11-23-17-28)20-7-13-27(14-8-20)12-6-19-4-2-3-9-24-19/h2-5,9-11,15-17,20H,6-8,12-14H2,1H3. The number of likely N-dealkylation sites (tertiary alicyclic amines) is 1. The molecule has 0 atom stereocenters. The maximum Gasteiger partial charge on any atom is 0.254 e. The van der Waals surface area contributed by atoms with Gasteiger partial charge in [-0.25, -0.2) is 9.97 Å². The summed E-state index contributed by atoms with van der Waals surface area (Å²) in [5, 5.41) is 0. The van der Waals surface area contributed by atoms with Gasteiger partial charge < -0.3 is 9.80 Å². The Bertz CT molecular complexity index is 919. The van der Waals surface area contributed by atoms with Crippen molar-refractivity contribution in [1.29, 1.82) is 0 Å². The van der Waals surface area contributed by atoms with E-state index in [1.54, 1.807) is 29.4 Å². The predicted molar refractivity (Wildman–Crippen MR) is 111 cm³/mol. The molecular weight excluding hydrogens is 364 g/mol. The number of pyridine rings is 2. The van der Waals surface area contributed by atoms with Gasteiger partial charge in [-0.05, 0) is 37.1 Å². The number of amides is 1. The van der Waals surface area contributed by atoms with Crippen LogP contribution in [0.15, 0.2) is 61.4 Å². The minimum Gasteiger partial charge on any atom is -0.339 e. The van der Waals surface area contributed by atoms with Gasteiger partial charge in [-0.3, -0.25) is 14.3 Å². The van der Waals surface area contributed by atoms with E-state index in [0.717, 1.165) is 44.6 Å². The van der Waals surface area contributed by atoms with Gasteiger partial charge in [0.25, 0.3) is 5.91 Å². The zero-order valence-electron chi connectivity index (χ0n) is 16.7. The minimum atomic E-state index is 0.0423. The Morgan fingerprint density at radius 3 is 2.72 bits per heavy atom. The molecule has 1 aliphatic rings. The number of hydrogen-bond donors (Lipinski definition) is 0. The fraction of sp³-hybridized carbons (Fsp3) is 0.364. The maximum atomic E-state index is 13.0. The molecule has 3 aromatic heterocycles. The highest BCUT2D eigenvalue weighted by Gasteiger charge is 2.26. The number of carbonyl (C=O) groups is 1. The monoisotopic (exact) mass is 390 g/mol. The summed E-state index contributed by atoms with van der Waals surface area (Å²) >= 11 is 0. The number of piperidine rings is 1. The van der Waals surface area contributed by atoms with Crippen LogP contribution in [-0.2, 0) is 6.42 Å². The highest BCUT2D eigenvalue weighted by molar-refractivity contribution is 5.94. The molecule has 1 aliphatic heterocycles. The van der Waals surface area contributed by atoms with Crippen LogP contribution in [0.4, 0.5) is 0 Å². The molecule has 0 saturated carbocycles. The molecule has 7 nitrogen and oxygen atoms in total. The van der Waals surface area contributed by atoms with E-state index in [1.807, 2.05) is 42.5 Å². The van der Waals surface area contributed by atoms with E-state index in [4.69, 9.17) is 0 Å². The maximum absolute atomic E-state index is 13.0. The van der Waals surface area contributed by atoms with Crippen molar-refractivity contribution < 1.29 is 4.79 Å². The van der Waals surface area contributed by atoms with E-state index in [2.05, 4.69) is 25.9 Å². The van der Waals surface area contributed by atoms with Gasteiger partial charge in [0, 0.05) is 75.2 Å². The quantitative estimate of drug-likeness (QED) is 0.647. The molecule has 0 aromatic carbocycles. The van der Waals surface area contributed by atoms with Crippen molar-refractivity contribution in [3.05, 3.63) is 72.7 Å². The molecule has 1 amide bonds. The Labute approximate surface area is 171 Å². The summed E-state index contributed by atoms with van der Waals surface area (Å²) in [6, 6.07) is 9.92. The van der Waals surface area contributed by atoms with E-state index < -0.39 is 0 Å². The lowest BCUT2D eigenvalue weighted by Crippen LogP contribution is -2.46. The first kappa shape index (κ1) is 19.3. The number of carbonyl (C=O) groups excluding carboxylic acids is 1. The van der Waals surface area contributed by atoms with E-state index in [-0.39, 0.29) is 11.9 Å². The summed E-state index contributed by atoms with van der Waals surface area (Å²) in [6.07, 6.45) is 11.7. The van der Waals surface area contributed by atoms with Crippen molar-refractivity contribution in [2.45, 2.75) is 25.3 Å². The van der Waals surface area contributed by atoms with Crippen molar-refractivity contribution in [3.63, 3.8) is 0 Å². The van der Waals surface area contributed by atoms with Crippen LogP contribution < -0.4 is 0 Å². The number of aromatic nitrogens is 4. The van der Waals surface area contributed by atoms with Crippen LogP contribution in [0.2, 0.25) is 0 Å². The van der Waals surface area contributed by atoms with Gasteiger partial charge in [-0.1, -0.05) is 6.07 Å². The molecule has 0 bridgehead atoms. The molecular formula is C22H26N6O. The number of imidazole rings is 1. The minimum absolute atomic E-state index is 0.0423. The van der Waals surface area contributed by atoms with Crippen molar-refractivity contribution in [3.8, 4) is 5.82 Å². The largest absolute Gasteiger partial charge is 0.339 e. The average molecular weight is 390 g/mol. The molecule has 4 rings (SSSR count). The molecule has 0 radical (unpaired) electrons. The predicted octanol–water partition coefficient (Wildman–Crippen LogP) is 2.44. The third-order valence-corrected chi connectivity index (χ3v) is 5.60. The van der Waals surface area contributed by atoms with Crippen molar-refractivity contribution in [1.82, 2.24) is 29.3 Å². The lowest BCUT2D eigenvalue weighted by atomic mass is 10.0. The summed E-state index contributed by atoms with van der Waals surface area (Å²) in [6.45, 7) is 3.03.